The Morgan fingerprint density at radius 1 is 1.10 bits per heavy atom. The van der Waals surface area contributed by atoms with Gasteiger partial charge >= 0.3 is 0 Å². The molecule has 0 fully saturated rings. The van der Waals surface area contributed by atoms with E-state index in [1.54, 1.807) is 6.07 Å². The van der Waals surface area contributed by atoms with Crippen LogP contribution in [0.3, 0.4) is 0 Å². The number of nitriles is 1. The van der Waals surface area contributed by atoms with Crippen LogP contribution in [0.5, 0.6) is 0 Å². The molecule has 2 unspecified atom stereocenters. The van der Waals surface area contributed by atoms with E-state index in [2.05, 4.69) is 34.2 Å². The lowest BCUT2D eigenvalue weighted by Crippen LogP contribution is -2.22. The maximum absolute atomic E-state index is 13.1. The van der Waals surface area contributed by atoms with Crippen LogP contribution in [0.15, 0.2) is 46.9 Å². The molecule has 0 aromatic heterocycles. The van der Waals surface area contributed by atoms with Gasteiger partial charge in [-0.1, -0.05) is 34.1 Å². The molecule has 0 saturated carbocycles. The van der Waals surface area contributed by atoms with Gasteiger partial charge in [0.1, 0.15) is 5.82 Å². The molecule has 2 rings (SSSR count). The Balaban J connectivity index is 2.10. The predicted molar refractivity (Wildman–Crippen MR) is 85.2 cm³/mol. The highest BCUT2D eigenvalue weighted by atomic mass is 79.9. The molecule has 2 aromatic rings. The molecule has 0 amide bonds. The third-order valence-corrected chi connectivity index (χ3v) is 4.16. The number of nitrogens with zero attached hydrogens (tertiary/aromatic N) is 1. The molecule has 2 atom stereocenters. The van der Waals surface area contributed by atoms with Crippen LogP contribution in [0.2, 0.25) is 0 Å². The minimum Gasteiger partial charge on any atom is -0.304 e. The molecule has 2 nitrogen and oxygen atoms in total. The molecule has 0 spiro atoms. The van der Waals surface area contributed by atoms with Gasteiger partial charge in [-0.05, 0) is 49.2 Å². The van der Waals surface area contributed by atoms with Crippen LogP contribution in [0.25, 0.3) is 0 Å². The second-order valence-electron chi connectivity index (χ2n) is 5.01. The molecule has 1 N–H and O–H groups in total. The Labute approximate surface area is 132 Å². The molecule has 0 heterocycles. The third kappa shape index (κ3) is 3.90. The first-order chi connectivity index (χ1) is 10.0. The minimum atomic E-state index is -0.252. The van der Waals surface area contributed by atoms with Crippen molar-refractivity contribution in [3.8, 4) is 6.07 Å². The van der Waals surface area contributed by atoms with Gasteiger partial charge in [-0.25, -0.2) is 4.39 Å². The number of nitrogens with one attached hydrogen (secondary N) is 1. The van der Waals surface area contributed by atoms with Gasteiger partial charge in [-0.2, -0.15) is 5.26 Å². The highest BCUT2D eigenvalue weighted by molar-refractivity contribution is 9.10. The van der Waals surface area contributed by atoms with Gasteiger partial charge in [-0.3, -0.25) is 0 Å². The number of benzene rings is 2. The van der Waals surface area contributed by atoms with E-state index in [4.69, 9.17) is 5.26 Å². The number of halogens is 2. The monoisotopic (exact) mass is 346 g/mol. The van der Waals surface area contributed by atoms with E-state index in [9.17, 15) is 4.39 Å². The Bertz CT molecular complexity index is 661. The van der Waals surface area contributed by atoms with Crippen molar-refractivity contribution in [2.45, 2.75) is 25.9 Å². The summed E-state index contributed by atoms with van der Waals surface area (Å²) < 4.78 is 13.9. The van der Waals surface area contributed by atoms with Crippen molar-refractivity contribution < 1.29 is 4.39 Å². The van der Waals surface area contributed by atoms with Gasteiger partial charge in [0.15, 0.2) is 0 Å². The fraction of sp³-hybridized carbons (Fsp3) is 0.235. The lowest BCUT2D eigenvalue weighted by atomic mass is 10.0. The van der Waals surface area contributed by atoms with E-state index >= 15 is 0 Å². The summed E-state index contributed by atoms with van der Waals surface area (Å²) in [4.78, 5) is 0. The topological polar surface area (TPSA) is 35.8 Å². The molecule has 4 heteroatoms. The van der Waals surface area contributed by atoms with Crippen molar-refractivity contribution in [1.29, 1.82) is 5.26 Å². The fourth-order valence-corrected chi connectivity index (χ4v) is 2.95. The van der Waals surface area contributed by atoms with Crippen LogP contribution in [-0.2, 0) is 0 Å². The van der Waals surface area contributed by atoms with Gasteiger partial charge in [0.2, 0.25) is 0 Å². The molecule has 0 saturated heterocycles. The Hall–Kier alpha value is -1.70. The smallest absolute Gasteiger partial charge is 0.124 e. The molecule has 21 heavy (non-hydrogen) atoms. The molecule has 2 aromatic carbocycles. The van der Waals surface area contributed by atoms with E-state index in [-0.39, 0.29) is 17.9 Å². The third-order valence-electron chi connectivity index (χ3n) is 3.47. The van der Waals surface area contributed by atoms with Crippen molar-refractivity contribution in [2.75, 3.05) is 0 Å². The van der Waals surface area contributed by atoms with Crippen LogP contribution in [0, 0.1) is 17.1 Å². The SMILES string of the molecule is CC(NC(C)c1ccc(F)cc1Br)c1ccc(C#N)cc1. The average molecular weight is 347 g/mol. The van der Waals surface area contributed by atoms with Crippen LogP contribution in [0.4, 0.5) is 4.39 Å². The summed E-state index contributed by atoms with van der Waals surface area (Å²) in [6.45, 7) is 4.10. The van der Waals surface area contributed by atoms with Crippen molar-refractivity contribution in [2.24, 2.45) is 0 Å². The fourth-order valence-electron chi connectivity index (χ4n) is 2.26. The lowest BCUT2D eigenvalue weighted by Gasteiger charge is -2.21. The maximum atomic E-state index is 13.1. The van der Waals surface area contributed by atoms with E-state index in [0.717, 1.165) is 15.6 Å². The highest BCUT2D eigenvalue weighted by Gasteiger charge is 2.14. The first-order valence-corrected chi connectivity index (χ1v) is 7.51. The normalized spacial score (nSPS) is 13.5. The summed E-state index contributed by atoms with van der Waals surface area (Å²) in [5, 5.41) is 12.3. The second kappa shape index (κ2) is 6.84. The molecular formula is C17H16BrFN2. The summed E-state index contributed by atoms with van der Waals surface area (Å²) in [6.07, 6.45) is 0. The molecule has 0 aliphatic carbocycles. The van der Waals surface area contributed by atoms with Crippen LogP contribution < -0.4 is 5.32 Å². The van der Waals surface area contributed by atoms with E-state index in [0.29, 0.717) is 5.56 Å². The zero-order valence-electron chi connectivity index (χ0n) is 11.9. The van der Waals surface area contributed by atoms with E-state index in [1.165, 1.54) is 12.1 Å². The first kappa shape index (κ1) is 15.7. The van der Waals surface area contributed by atoms with Crippen LogP contribution >= 0.6 is 15.9 Å². The molecule has 108 valence electrons. The minimum absolute atomic E-state index is 0.0746. The quantitative estimate of drug-likeness (QED) is 0.856. The predicted octanol–water partition coefficient (Wildman–Crippen LogP) is 4.87. The number of rotatable bonds is 4. The summed E-state index contributed by atoms with van der Waals surface area (Å²) in [6, 6.07) is 14.5. The summed E-state index contributed by atoms with van der Waals surface area (Å²) >= 11 is 3.40. The van der Waals surface area contributed by atoms with Crippen molar-refractivity contribution in [1.82, 2.24) is 5.32 Å². The van der Waals surface area contributed by atoms with E-state index in [1.807, 2.05) is 31.2 Å². The molecule has 0 aliphatic rings. The zero-order valence-corrected chi connectivity index (χ0v) is 13.5. The van der Waals surface area contributed by atoms with Crippen molar-refractivity contribution in [3.05, 3.63) is 69.4 Å². The molecule has 0 bridgehead atoms. The van der Waals surface area contributed by atoms with E-state index < -0.39 is 0 Å². The summed E-state index contributed by atoms with van der Waals surface area (Å²) in [7, 11) is 0. The standard InChI is InChI=1S/C17H16BrFN2/c1-11(14-5-3-13(10-20)4-6-14)21-12(2)16-8-7-15(19)9-17(16)18/h3-9,11-12,21H,1-2H3. The summed E-state index contributed by atoms with van der Waals surface area (Å²) in [5.74, 6) is -0.252. The molecule has 0 radical (unpaired) electrons. The van der Waals surface area contributed by atoms with Crippen molar-refractivity contribution in [3.63, 3.8) is 0 Å². The number of hydrogen-bond donors (Lipinski definition) is 1. The Morgan fingerprint density at radius 2 is 1.76 bits per heavy atom. The Kier molecular flexibility index (Phi) is 5.11. The van der Waals surface area contributed by atoms with Crippen molar-refractivity contribution >= 4 is 15.9 Å². The Morgan fingerprint density at radius 3 is 2.33 bits per heavy atom. The van der Waals surface area contributed by atoms with Gasteiger partial charge in [0.25, 0.3) is 0 Å². The van der Waals surface area contributed by atoms with Gasteiger partial charge in [-0.15, -0.1) is 0 Å². The van der Waals surface area contributed by atoms with Crippen LogP contribution in [0.1, 0.15) is 42.6 Å². The van der Waals surface area contributed by atoms with Gasteiger partial charge in [0.05, 0.1) is 11.6 Å². The lowest BCUT2D eigenvalue weighted by molar-refractivity contribution is 0.492. The second-order valence-corrected chi connectivity index (χ2v) is 5.86. The van der Waals surface area contributed by atoms with Crippen LogP contribution in [-0.4, -0.2) is 0 Å². The first-order valence-electron chi connectivity index (χ1n) is 6.72. The van der Waals surface area contributed by atoms with Gasteiger partial charge in [0, 0.05) is 16.6 Å². The molecular weight excluding hydrogens is 331 g/mol. The van der Waals surface area contributed by atoms with Gasteiger partial charge < -0.3 is 5.32 Å². The zero-order chi connectivity index (χ0) is 15.4. The number of hydrogen-bond acceptors (Lipinski definition) is 2. The largest absolute Gasteiger partial charge is 0.304 e. The average Bonchev–Trinajstić information content (AvgIpc) is 2.47. The summed E-state index contributed by atoms with van der Waals surface area (Å²) in [5.41, 5.74) is 2.77. The highest BCUT2D eigenvalue weighted by Crippen LogP contribution is 2.26. The maximum Gasteiger partial charge on any atom is 0.124 e. The molecule has 0 aliphatic heterocycles.